The SMILES string of the molecule is N#CC1=C(N)N(N2CCOCC2)C2=C(C(=O)CC(c3ccccc3)C2)C1c1cccnc1. The van der Waals surface area contributed by atoms with E-state index in [0.29, 0.717) is 56.1 Å². The van der Waals surface area contributed by atoms with Crippen molar-refractivity contribution in [2.75, 3.05) is 26.3 Å². The molecule has 1 saturated heterocycles. The van der Waals surface area contributed by atoms with E-state index in [1.54, 1.807) is 12.4 Å². The van der Waals surface area contributed by atoms with E-state index in [9.17, 15) is 10.1 Å². The first kappa shape index (κ1) is 20.4. The van der Waals surface area contributed by atoms with Gasteiger partial charge in [-0.3, -0.25) is 14.8 Å². The van der Waals surface area contributed by atoms with Crippen LogP contribution in [0.15, 0.2) is 77.5 Å². The Balaban J connectivity index is 1.66. The zero-order chi connectivity index (χ0) is 22.1. The Morgan fingerprint density at radius 1 is 1.06 bits per heavy atom. The molecule has 0 radical (unpaired) electrons. The third-order valence-corrected chi connectivity index (χ3v) is 6.50. The molecule has 3 heterocycles. The maximum absolute atomic E-state index is 13.7. The van der Waals surface area contributed by atoms with Crippen LogP contribution in [0.2, 0.25) is 0 Å². The minimum atomic E-state index is -0.495. The van der Waals surface area contributed by atoms with Crippen LogP contribution in [0.4, 0.5) is 0 Å². The van der Waals surface area contributed by atoms with Crippen molar-refractivity contribution in [3.8, 4) is 6.07 Å². The first-order valence-electron chi connectivity index (χ1n) is 10.9. The van der Waals surface area contributed by atoms with E-state index in [2.05, 4.69) is 28.2 Å². The number of carbonyl (C=O) groups excluding carboxylic acids is 1. The summed E-state index contributed by atoms with van der Waals surface area (Å²) in [4.78, 5) is 17.9. The quantitative estimate of drug-likeness (QED) is 0.805. The Morgan fingerprint density at radius 2 is 1.81 bits per heavy atom. The summed E-state index contributed by atoms with van der Waals surface area (Å²) in [6.07, 6.45) is 4.50. The number of carbonyl (C=O) groups is 1. The molecule has 2 atom stereocenters. The van der Waals surface area contributed by atoms with Gasteiger partial charge in [0, 0.05) is 43.2 Å². The number of aromatic nitrogens is 1. The van der Waals surface area contributed by atoms with Gasteiger partial charge in [-0.05, 0) is 29.5 Å². The molecule has 32 heavy (non-hydrogen) atoms. The van der Waals surface area contributed by atoms with Crippen LogP contribution in [-0.4, -0.2) is 47.1 Å². The zero-order valence-corrected chi connectivity index (χ0v) is 17.8. The molecular weight excluding hydrogens is 402 g/mol. The highest BCUT2D eigenvalue weighted by atomic mass is 16.5. The lowest BCUT2D eigenvalue weighted by atomic mass is 9.72. The number of hydrogen-bond donors (Lipinski definition) is 1. The van der Waals surface area contributed by atoms with Crippen LogP contribution in [0, 0.1) is 11.3 Å². The number of nitrogens with zero attached hydrogens (tertiary/aromatic N) is 4. The van der Waals surface area contributed by atoms with Gasteiger partial charge in [0.1, 0.15) is 5.82 Å². The zero-order valence-electron chi connectivity index (χ0n) is 17.8. The number of pyridine rings is 1. The number of ketones is 1. The van der Waals surface area contributed by atoms with E-state index >= 15 is 0 Å². The fraction of sp³-hybridized carbons (Fsp3) is 0.320. The maximum atomic E-state index is 13.7. The predicted molar refractivity (Wildman–Crippen MR) is 118 cm³/mol. The van der Waals surface area contributed by atoms with Gasteiger partial charge < -0.3 is 10.5 Å². The van der Waals surface area contributed by atoms with Crippen molar-refractivity contribution in [2.24, 2.45) is 5.73 Å². The van der Waals surface area contributed by atoms with Gasteiger partial charge in [-0.15, -0.1) is 0 Å². The van der Waals surface area contributed by atoms with E-state index in [-0.39, 0.29) is 11.7 Å². The van der Waals surface area contributed by atoms with Crippen molar-refractivity contribution >= 4 is 5.78 Å². The molecular formula is C25H25N5O2. The Labute approximate surface area is 187 Å². The molecule has 1 aliphatic carbocycles. The number of rotatable bonds is 3. The lowest BCUT2D eigenvalue weighted by Crippen LogP contribution is -2.52. The largest absolute Gasteiger partial charge is 0.383 e. The molecule has 7 nitrogen and oxygen atoms in total. The Morgan fingerprint density at radius 3 is 2.50 bits per heavy atom. The number of nitrogens with two attached hydrogens (primary N) is 1. The van der Waals surface area contributed by atoms with Crippen molar-refractivity contribution < 1.29 is 9.53 Å². The maximum Gasteiger partial charge on any atom is 0.162 e. The average Bonchev–Trinajstić information content (AvgIpc) is 2.85. The monoisotopic (exact) mass is 427 g/mol. The number of nitriles is 1. The summed E-state index contributed by atoms with van der Waals surface area (Å²) in [6, 6.07) is 16.2. The van der Waals surface area contributed by atoms with Crippen LogP contribution in [-0.2, 0) is 9.53 Å². The molecule has 5 rings (SSSR count). The van der Waals surface area contributed by atoms with E-state index in [4.69, 9.17) is 10.5 Å². The summed E-state index contributed by atoms with van der Waals surface area (Å²) in [7, 11) is 0. The lowest BCUT2D eigenvalue weighted by molar-refractivity contribution is -0.117. The minimum Gasteiger partial charge on any atom is -0.383 e. The highest BCUT2D eigenvalue weighted by molar-refractivity contribution is 6.00. The Kier molecular flexibility index (Phi) is 5.48. The normalized spacial score (nSPS) is 24.3. The molecule has 1 aromatic heterocycles. The van der Waals surface area contributed by atoms with Crippen LogP contribution in [0.25, 0.3) is 0 Å². The van der Waals surface area contributed by atoms with Crippen LogP contribution in [0.1, 0.15) is 35.8 Å². The molecule has 2 unspecified atom stereocenters. The molecule has 0 spiro atoms. The molecule has 2 aromatic rings. The Bertz CT molecular complexity index is 1110. The van der Waals surface area contributed by atoms with Crippen molar-refractivity contribution in [1.82, 2.24) is 15.0 Å². The van der Waals surface area contributed by atoms with Crippen molar-refractivity contribution in [2.45, 2.75) is 24.7 Å². The van der Waals surface area contributed by atoms with Gasteiger partial charge in [-0.2, -0.15) is 5.26 Å². The minimum absolute atomic E-state index is 0.0625. The molecule has 1 fully saturated rings. The number of morpholine rings is 1. The molecule has 162 valence electrons. The second-order valence-electron chi connectivity index (χ2n) is 8.31. The molecule has 2 aliphatic heterocycles. The Hall–Kier alpha value is -3.47. The number of benzene rings is 1. The molecule has 0 bridgehead atoms. The van der Waals surface area contributed by atoms with Gasteiger partial charge in [-0.25, -0.2) is 5.01 Å². The molecule has 0 saturated carbocycles. The number of Topliss-reactive ketones (excluding diaryl/α,β-unsaturated/α-hetero) is 1. The number of hydrogen-bond acceptors (Lipinski definition) is 7. The van der Waals surface area contributed by atoms with Crippen molar-refractivity contribution in [1.29, 1.82) is 5.26 Å². The van der Waals surface area contributed by atoms with E-state index in [1.807, 2.05) is 35.3 Å². The first-order valence-corrected chi connectivity index (χ1v) is 10.9. The lowest BCUT2D eigenvalue weighted by Gasteiger charge is -2.46. The highest BCUT2D eigenvalue weighted by Gasteiger charge is 2.44. The molecule has 2 N–H and O–H groups in total. The standard InChI is InChI=1S/C25H25N5O2/c26-15-20-23(18-7-4-8-28-16-18)24-21(30(25(20)27)29-9-11-32-12-10-29)13-19(14-22(24)31)17-5-2-1-3-6-17/h1-8,16,19,23H,9-14,27H2. The highest BCUT2D eigenvalue weighted by Crippen LogP contribution is 2.48. The molecule has 3 aliphatic rings. The topological polar surface area (TPSA) is 95.5 Å². The predicted octanol–water partition coefficient (Wildman–Crippen LogP) is 2.82. The van der Waals surface area contributed by atoms with E-state index < -0.39 is 5.92 Å². The first-order chi connectivity index (χ1) is 15.7. The summed E-state index contributed by atoms with van der Waals surface area (Å²) < 4.78 is 5.54. The fourth-order valence-corrected chi connectivity index (χ4v) is 5.03. The van der Waals surface area contributed by atoms with Gasteiger partial charge in [0.2, 0.25) is 0 Å². The second-order valence-corrected chi connectivity index (χ2v) is 8.31. The molecule has 0 amide bonds. The van der Waals surface area contributed by atoms with Gasteiger partial charge in [0.05, 0.1) is 30.8 Å². The summed E-state index contributed by atoms with van der Waals surface area (Å²) >= 11 is 0. The summed E-state index contributed by atoms with van der Waals surface area (Å²) in [5.41, 5.74) is 10.6. The van der Waals surface area contributed by atoms with Gasteiger partial charge in [-0.1, -0.05) is 36.4 Å². The van der Waals surface area contributed by atoms with Crippen LogP contribution in [0.5, 0.6) is 0 Å². The third-order valence-electron chi connectivity index (χ3n) is 6.50. The number of allylic oxidation sites excluding steroid dienone is 3. The van der Waals surface area contributed by atoms with E-state index in [0.717, 1.165) is 16.8 Å². The smallest absolute Gasteiger partial charge is 0.162 e. The van der Waals surface area contributed by atoms with Crippen molar-refractivity contribution in [3.63, 3.8) is 0 Å². The second kappa shape index (κ2) is 8.58. The summed E-state index contributed by atoms with van der Waals surface area (Å²) in [5, 5.41) is 14.1. The fourth-order valence-electron chi connectivity index (χ4n) is 5.03. The van der Waals surface area contributed by atoms with Crippen LogP contribution in [0.3, 0.4) is 0 Å². The number of hydrazine groups is 1. The average molecular weight is 428 g/mol. The van der Waals surface area contributed by atoms with Gasteiger partial charge >= 0.3 is 0 Å². The summed E-state index contributed by atoms with van der Waals surface area (Å²) in [5.74, 6) is 0.0261. The van der Waals surface area contributed by atoms with Gasteiger partial charge in [0.25, 0.3) is 0 Å². The summed E-state index contributed by atoms with van der Waals surface area (Å²) in [6.45, 7) is 2.46. The third kappa shape index (κ3) is 3.48. The van der Waals surface area contributed by atoms with E-state index in [1.165, 1.54) is 0 Å². The van der Waals surface area contributed by atoms with Crippen molar-refractivity contribution in [3.05, 3.63) is 88.6 Å². The van der Waals surface area contributed by atoms with Crippen LogP contribution < -0.4 is 5.73 Å². The van der Waals surface area contributed by atoms with Gasteiger partial charge in [0.15, 0.2) is 5.78 Å². The number of ether oxygens (including phenoxy) is 1. The van der Waals surface area contributed by atoms with Crippen LogP contribution >= 0.6 is 0 Å². The molecule has 1 aromatic carbocycles. The molecule has 7 heteroatoms.